The third-order valence-electron chi connectivity index (χ3n) is 4.22. The molecule has 0 fully saturated rings. The molecule has 0 saturated carbocycles. The van der Waals surface area contributed by atoms with Gasteiger partial charge in [0.2, 0.25) is 0 Å². The smallest absolute Gasteiger partial charge is 0.191 e. The number of aliphatic imine (C=N–C) groups is 1. The molecule has 1 atom stereocenters. The third-order valence-corrected chi connectivity index (χ3v) is 4.22. The number of benzene rings is 2. The van der Waals surface area contributed by atoms with Gasteiger partial charge in [-0.05, 0) is 49.6 Å². The van der Waals surface area contributed by atoms with E-state index < -0.39 is 0 Å². The van der Waals surface area contributed by atoms with Gasteiger partial charge in [0.05, 0.1) is 19.8 Å². The van der Waals surface area contributed by atoms with Gasteiger partial charge in [0.15, 0.2) is 17.5 Å². The van der Waals surface area contributed by atoms with Gasteiger partial charge in [0.25, 0.3) is 0 Å². The van der Waals surface area contributed by atoms with E-state index in [1.165, 1.54) is 11.1 Å². The van der Waals surface area contributed by atoms with Crippen LogP contribution in [-0.2, 0) is 6.54 Å². The molecular weight excluding hydrogens is 326 g/mol. The molecule has 0 saturated heterocycles. The molecule has 0 aliphatic rings. The van der Waals surface area contributed by atoms with E-state index in [9.17, 15) is 0 Å². The molecule has 0 aliphatic heterocycles. The lowest BCUT2D eigenvalue weighted by molar-refractivity contribution is 0.310. The molecule has 2 aromatic carbocycles. The maximum absolute atomic E-state index is 5.64. The fourth-order valence-corrected chi connectivity index (χ4v) is 2.84. The van der Waals surface area contributed by atoms with Crippen LogP contribution in [-0.4, -0.2) is 26.7 Å². The second-order valence-corrected chi connectivity index (χ2v) is 6.07. The van der Waals surface area contributed by atoms with Crippen LogP contribution in [0, 0.1) is 6.92 Å². The van der Waals surface area contributed by atoms with Gasteiger partial charge in [0.1, 0.15) is 0 Å². The Labute approximate surface area is 156 Å². The fraction of sp³-hybridized carbons (Fsp3) is 0.381. The van der Waals surface area contributed by atoms with E-state index in [1.807, 2.05) is 25.1 Å². The normalized spacial score (nSPS) is 12.4. The topological polar surface area (TPSA) is 54.9 Å². The first-order chi connectivity index (χ1) is 12.6. The zero-order valence-corrected chi connectivity index (χ0v) is 16.3. The predicted molar refractivity (Wildman–Crippen MR) is 107 cm³/mol. The molecule has 0 amide bonds. The van der Waals surface area contributed by atoms with Crippen molar-refractivity contribution in [3.05, 3.63) is 59.2 Å². The molecule has 2 aromatic rings. The zero-order valence-electron chi connectivity index (χ0n) is 16.3. The largest absolute Gasteiger partial charge is 0.493 e. The highest BCUT2D eigenvalue weighted by molar-refractivity contribution is 5.80. The number of aryl methyl sites for hydroxylation is 1. The van der Waals surface area contributed by atoms with Gasteiger partial charge in [0, 0.05) is 13.6 Å². The highest BCUT2D eigenvalue weighted by Gasteiger charge is 2.10. The van der Waals surface area contributed by atoms with E-state index >= 15 is 0 Å². The average Bonchev–Trinajstić information content (AvgIpc) is 2.65. The van der Waals surface area contributed by atoms with Gasteiger partial charge in [-0.15, -0.1) is 0 Å². The van der Waals surface area contributed by atoms with Gasteiger partial charge in [-0.25, -0.2) is 0 Å². The summed E-state index contributed by atoms with van der Waals surface area (Å²) in [5.74, 6) is 2.26. The van der Waals surface area contributed by atoms with Crippen LogP contribution in [0.4, 0.5) is 0 Å². The van der Waals surface area contributed by atoms with Crippen LogP contribution < -0.4 is 20.1 Å². The molecule has 0 spiro atoms. The Kier molecular flexibility index (Phi) is 7.33. The molecule has 1 unspecified atom stereocenters. The molecule has 0 aliphatic carbocycles. The van der Waals surface area contributed by atoms with Crippen LogP contribution >= 0.6 is 0 Å². The SMILES string of the molecule is CCOc1cc(CNC(=NC)NC(C)c2ccccc2C)ccc1OC. The number of nitrogens with one attached hydrogen (secondary N) is 2. The summed E-state index contributed by atoms with van der Waals surface area (Å²) < 4.78 is 11.0. The number of ether oxygens (including phenoxy) is 2. The van der Waals surface area contributed by atoms with Crippen molar-refractivity contribution in [2.24, 2.45) is 4.99 Å². The molecule has 0 radical (unpaired) electrons. The summed E-state index contributed by atoms with van der Waals surface area (Å²) in [5.41, 5.74) is 3.62. The van der Waals surface area contributed by atoms with E-state index in [4.69, 9.17) is 9.47 Å². The second-order valence-electron chi connectivity index (χ2n) is 6.07. The van der Waals surface area contributed by atoms with Crippen molar-refractivity contribution < 1.29 is 9.47 Å². The van der Waals surface area contributed by atoms with Crippen LogP contribution in [0.1, 0.15) is 36.6 Å². The summed E-state index contributed by atoms with van der Waals surface area (Å²) in [6.45, 7) is 7.46. The van der Waals surface area contributed by atoms with E-state index in [0.29, 0.717) is 13.2 Å². The zero-order chi connectivity index (χ0) is 18.9. The Hall–Kier alpha value is -2.69. The molecule has 2 N–H and O–H groups in total. The van der Waals surface area contributed by atoms with Crippen molar-refractivity contribution in [2.75, 3.05) is 20.8 Å². The van der Waals surface area contributed by atoms with Crippen LogP contribution in [0.25, 0.3) is 0 Å². The van der Waals surface area contributed by atoms with Crippen molar-refractivity contribution in [1.82, 2.24) is 10.6 Å². The lowest BCUT2D eigenvalue weighted by Crippen LogP contribution is -2.38. The number of hydrogen-bond acceptors (Lipinski definition) is 3. The first kappa shape index (κ1) is 19.6. The van der Waals surface area contributed by atoms with Crippen molar-refractivity contribution >= 4 is 5.96 Å². The van der Waals surface area contributed by atoms with Crippen molar-refractivity contribution in [2.45, 2.75) is 33.4 Å². The lowest BCUT2D eigenvalue weighted by atomic mass is 10.0. The summed E-state index contributed by atoms with van der Waals surface area (Å²) in [7, 11) is 3.42. The van der Waals surface area contributed by atoms with Gasteiger partial charge >= 0.3 is 0 Å². The summed E-state index contributed by atoms with van der Waals surface area (Å²) in [6, 6.07) is 14.5. The third kappa shape index (κ3) is 5.15. The first-order valence-electron chi connectivity index (χ1n) is 8.91. The molecule has 5 heteroatoms. The molecule has 2 rings (SSSR count). The first-order valence-corrected chi connectivity index (χ1v) is 8.91. The second kappa shape index (κ2) is 9.70. The minimum absolute atomic E-state index is 0.164. The Morgan fingerprint density at radius 1 is 1.15 bits per heavy atom. The molecular formula is C21H29N3O2. The fourth-order valence-electron chi connectivity index (χ4n) is 2.84. The summed E-state index contributed by atoms with van der Waals surface area (Å²) in [4.78, 5) is 4.33. The number of nitrogens with zero attached hydrogens (tertiary/aromatic N) is 1. The highest BCUT2D eigenvalue weighted by Crippen LogP contribution is 2.28. The van der Waals surface area contributed by atoms with Gasteiger partial charge in [-0.3, -0.25) is 4.99 Å². The number of rotatable bonds is 7. The predicted octanol–water partition coefficient (Wildman–Crippen LogP) is 3.83. The van der Waals surface area contributed by atoms with Crippen LogP contribution in [0.2, 0.25) is 0 Å². The number of guanidine groups is 1. The Morgan fingerprint density at radius 3 is 2.58 bits per heavy atom. The maximum atomic E-state index is 5.64. The Balaban J connectivity index is 2.01. The number of hydrogen-bond donors (Lipinski definition) is 2. The maximum Gasteiger partial charge on any atom is 0.191 e. The van der Waals surface area contributed by atoms with Crippen molar-refractivity contribution in [3.8, 4) is 11.5 Å². The Bertz CT molecular complexity index is 744. The van der Waals surface area contributed by atoms with E-state index in [0.717, 1.165) is 23.0 Å². The number of methoxy groups -OCH3 is 1. The summed E-state index contributed by atoms with van der Waals surface area (Å²) in [6.07, 6.45) is 0. The molecule has 26 heavy (non-hydrogen) atoms. The van der Waals surface area contributed by atoms with Crippen molar-refractivity contribution in [1.29, 1.82) is 0 Å². The quantitative estimate of drug-likeness (QED) is 0.585. The minimum atomic E-state index is 0.164. The van der Waals surface area contributed by atoms with Crippen LogP contribution in [0.5, 0.6) is 11.5 Å². The molecule has 5 nitrogen and oxygen atoms in total. The van der Waals surface area contributed by atoms with Crippen LogP contribution in [0.15, 0.2) is 47.5 Å². The minimum Gasteiger partial charge on any atom is -0.493 e. The van der Waals surface area contributed by atoms with E-state index in [1.54, 1.807) is 14.2 Å². The highest BCUT2D eigenvalue weighted by atomic mass is 16.5. The monoisotopic (exact) mass is 355 g/mol. The van der Waals surface area contributed by atoms with E-state index in [-0.39, 0.29) is 6.04 Å². The average molecular weight is 355 g/mol. The molecule has 0 aromatic heterocycles. The van der Waals surface area contributed by atoms with Gasteiger partial charge in [-0.1, -0.05) is 30.3 Å². The molecule has 0 bridgehead atoms. The van der Waals surface area contributed by atoms with Crippen molar-refractivity contribution in [3.63, 3.8) is 0 Å². The molecule has 140 valence electrons. The van der Waals surface area contributed by atoms with Crippen LogP contribution in [0.3, 0.4) is 0 Å². The summed E-state index contributed by atoms with van der Waals surface area (Å²) in [5, 5.41) is 6.79. The van der Waals surface area contributed by atoms with Gasteiger partial charge < -0.3 is 20.1 Å². The molecule has 0 heterocycles. The lowest BCUT2D eigenvalue weighted by Gasteiger charge is -2.20. The van der Waals surface area contributed by atoms with Gasteiger partial charge in [-0.2, -0.15) is 0 Å². The summed E-state index contributed by atoms with van der Waals surface area (Å²) >= 11 is 0. The van der Waals surface area contributed by atoms with E-state index in [2.05, 4.69) is 53.7 Å². The Morgan fingerprint density at radius 2 is 1.92 bits per heavy atom. The standard InChI is InChI=1S/C21H29N3O2/c1-6-26-20-13-17(11-12-19(20)25-5)14-23-21(22-4)24-16(3)18-10-8-7-9-15(18)2/h7-13,16H,6,14H2,1-5H3,(H2,22,23,24).